The Bertz CT molecular complexity index is 721. The summed E-state index contributed by atoms with van der Waals surface area (Å²) in [5.74, 6) is 2.81. The van der Waals surface area contributed by atoms with Crippen molar-refractivity contribution in [3.8, 4) is 0 Å². The van der Waals surface area contributed by atoms with Crippen LogP contribution in [0.1, 0.15) is 91.9 Å². The second-order valence-corrected chi connectivity index (χ2v) is 12.1. The molecular weight excluding hydrogens is 404 g/mol. The van der Waals surface area contributed by atoms with Crippen LogP contribution in [0, 0.1) is 46.3 Å². The monoisotopic (exact) mass is 448 g/mol. The van der Waals surface area contributed by atoms with Crippen LogP contribution in [0.2, 0.25) is 0 Å². The molecule has 5 heteroatoms. The first-order valence-electron chi connectivity index (χ1n) is 13.0. The number of aliphatic hydroxyl groups is 1. The Morgan fingerprint density at radius 1 is 1.03 bits per heavy atom. The fraction of sp³-hybridized carbons (Fsp3) is 0.926. The molecule has 4 saturated carbocycles. The Hall–Kier alpha value is -1.10. The van der Waals surface area contributed by atoms with Gasteiger partial charge in [-0.25, -0.2) is 0 Å². The van der Waals surface area contributed by atoms with E-state index in [0.717, 1.165) is 32.1 Å². The molecule has 0 aromatic heterocycles. The minimum Gasteiger partial charge on any atom is -0.469 e. The van der Waals surface area contributed by atoms with Crippen LogP contribution < -0.4 is 0 Å². The Kier molecular flexibility index (Phi) is 6.70. The van der Waals surface area contributed by atoms with E-state index in [0.29, 0.717) is 41.9 Å². The van der Waals surface area contributed by atoms with Gasteiger partial charge in [0.2, 0.25) is 0 Å². The lowest BCUT2D eigenvalue weighted by molar-refractivity contribution is -0.182. The van der Waals surface area contributed by atoms with E-state index in [-0.39, 0.29) is 35.0 Å². The van der Waals surface area contributed by atoms with Gasteiger partial charge in [0.25, 0.3) is 0 Å². The molecule has 4 fully saturated rings. The third-order valence-electron chi connectivity index (χ3n) is 10.8. The van der Waals surface area contributed by atoms with Gasteiger partial charge in [0.05, 0.1) is 13.2 Å². The van der Waals surface area contributed by atoms with Gasteiger partial charge in [0.1, 0.15) is 6.10 Å². The van der Waals surface area contributed by atoms with E-state index in [9.17, 15) is 14.7 Å². The summed E-state index contributed by atoms with van der Waals surface area (Å²) in [5.41, 5.74) is 0.506. The lowest BCUT2D eigenvalue weighted by atomic mass is 9.43. The zero-order chi connectivity index (χ0) is 23.3. The minimum absolute atomic E-state index is 0.0229. The molecule has 0 amide bonds. The van der Waals surface area contributed by atoms with E-state index >= 15 is 0 Å². The van der Waals surface area contributed by atoms with Gasteiger partial charge in [-0.2, -0.15) is 0 Å². The molecule has 0 spiro atoms. The largest absolute Gasteiger partial charge is 0.469 e. The highest BCUT2D eigenvalue weighted by Gasteiger charge is 2.63. The van der Waals surface area contributed by atoms with E-state index in [1.165, 1.54) is 39.7 Å². The Morgan fingerprint density at radius 2 is 1.72 bits per heavy atom. The molecule has 4 aliphatic carbocycles. The smallest absolute Gasteiger partial charge is 0.305 e. The average molecular weight is 449 g/mol. The number of carbonyl (C=O) groups is 2. The van der Waals surface area contributed by atoms with Crippen LogP contribution in [-0.2, 0) is 19.1 Å². The lowest BCUT2D eigenvalue weighted by Gasteiger charge is -2.62. The van der Waals surface area contributed by atoms with Gasteiger partial charge >= 0.3 is 11.9 Å². The number of esters is 2. The Balaban J connectivity index is 1.49. The highest BCUT2D eigenvalue weighted by molar-refractivity contribution is 5.69. The van der Waals surface area contributed by atoms with Gasteiger partial charge in [-0.1, -0.05) is 20.8 Å². The van der Waals surface area contributed by atoms with Crippen molar-refractivity contribution in [3.63, 3.8) is 0 Å². The van der Waals surface area contributed by atoms with Crippen molar-refractivity contribution in [2.45, 2.75) is 104 Å². The van der Waals surface area contributed by atoms with E-state index in [2.05, 4.69) is 20.8 Å². The van der Waals surface area contributed by atoms with E-state index in [1.54, 1.807) is 0 Å². The maximum atomic E-state index is 11.7. The highest BCUT2D eigenvalue weighted by Crippen LogP contribution is 2.68. The number of aliphatic hydroxyl groups excluding tert-OH is 1. The third-order valence-corrected chi connectivity index (χ3v) is 10.8. The molecule has 5 unspecified atom stereocenters. The van der Waals surface area contributed by atoms with Crippen LogP contribution in [0.4, 0.5) is 0 Å². The summed E-state index contributed by atoms with van der Waals surface area (Å²) < 4.78 is 10.4. The molecule has 32 heavy (non-hydrogen) atoms. The van der Waals surface area contributed by atoms with Crippen molar-refractivity contribution in [1.29, 1.82) is 0 Å². The molecule has 4 rings (SSSR count). The predicted octanol–water partition coefficient (Wildman–Crippen LogP) is 5.14. The maximum Gasteiger partial charge on any atom is 0.305 e. The van der Waals surface area contributed by atoms with Crippen molar-refractivity contribution in [3.05, 3.63) is 0 Å². The lowest BCUT2D eigenvalue weighted by Crippen LogP contribution is -2.58. The summed E-state index contributed by atoms with van der Waals surface area (Å²) in [7, 11) is 1.47. The molecule has 0 radical (unpaired) electrons. The Labute approximate surface area is 194 Å². The van der Waals surface area contributed by atoms with E-state index in [1.807, 2.05) is 0 Å². The summed E-state index contributed by atoms with van der Waals surface area (Å²) in [6, 6.07) is 0. The number of fused-ring (bicyclic) bond motifs is 5. The second-order valence-electron chi connectivity index (χ2n) is 12.1. The number of ether oxygens (including phenoxy) is 2. The van der Waals surface area contributed by atoms with Crippen molar-refractivity contribution < 1.29 is 24.2 Å². The molecule has 1 N–H and O–H groups in total. The van der Waals surface area contributed by atoms with Crippen LogP contribution in [0.5, 0.6) is 0 Å². The van der Waals surface area contributed by atoms with Crippen molar-refractivity contribution in [1.82, 2.24) is 0 Å². The molecule has 0 saturated heterocycles. The number of methoxy groups -OCH3 is 1. The zero-order valence-electron chi connectivity index (χ0n) is 20.8. The van der Waals surface area contributed by atoms with Gasteiger partial charge in [-0.15, -0.1) is 0 Å². The van der Waals surface area contributed by atoms with Crippen LogP contribution in [0.25, 0.3) is 0 Å². The number of rotatable bonds is 5. The van der Waals surface area contributed by atoms with E-state index < -0.39 is 0 Å². The molecule has 0 heterocycles. The first-order valence-corrected chi connectivity index (χ1v) is 13.0. The van der Waals surface area contributed by atoms with Crippen LogP contribution in [0.3, 0.4) is 0 Å². The number of hydrogen-bond acceptors (Lipinski definition) is 5. The normalized spacial score (nSPS) is 46.4. The summed E-state index contributed by atoms with van der Waals surface area (Å²) in [5, 5.41) is 11.5. The molecule has 0 aromatic carbocycles. The molecule has 182 valence electrons. The van der Waals surface area contributed by atoms with Gasteiger partial charge in [-0.3, -0.25) is 9.59 Å². The van der Waals surface area contributed by atoms with Crippen LogP contribution in [-0.4, -0.2) is 36.4 Å². The van der Waals surface area contributed by atoms with Crippen LogP contribution in [0.15, 0.2) is 0 Å². The zero-order valence-corrected chi connectivity index (χ0v) is 20.8. The first kappa shape index (κ1) is 24.0. The summed E-state index contributed by atoms with van der Waals surface area (Å²) in [4.78, 5) is 23.2. The number of hydrogen-bond donors (Lipinski definition) is 1. The molecule has 0 aliphatic heterocycles. The topological polar surface area (TPSA) is 72.8 Å². The first-order chi connectivity index (χ1) is 15.1. The minimum atomic E-state index is -0.247. The van der Waals surface area contributed by atoms with E-state index in [4.69, 9.17) is 9.47 Å². The second kappa shape index (κ2) is 8.92. The molecule has 4 aliphatic rings. The van der Waals surface area contributed by atoms with Gasteiger partial charge in [0, 0.05) is 13.3 Å². The van der Waals surface area contributed by atoms with Gasteiger partial charge in [0.15, 0.2) is 0 Å². The number of carbonyl (C=O) groups excluding carboxylic acids is 2. The Morgan fingerprint density at radius 3 is 2.41 bits per heavy atom. The quantitative estimate of drug-likeness (QED) is 0.590. The standard InChI is InChI=1S/C27H44O5/c1-16(6-9-24(30)31-5)20-7-8-21-25-22(11-13-27(20,21)4)26(3)12-10-19(32-17(2)28)14-18(26)15-23(25)29/h16,18-23,25,29H,6-15H2,1-5H3/t16-,18?,19-,20?,21?,22?,23-,25?,26+,27-/m1/s1. The molecule has 5 nitrogen and oxygen atoms in total. The molecule has 0 bridgehead atoms. The fourth-order valence-corrected chi connectivity index (χ4v) is 9.15. The highest BCUT2D eigenvalue weighted by atomic mass is 16.5. The summed E-state index contributed by atoms with van der Waals surface area (Å²) >= 11 is 0. The average Bonchev–Trinajstić information content (AvgIpc) is 3.09. The SMILES string of the molecule is COC(=O)CC[C@@H](C)C1CCC2C3C(CC[C@@]21C)[C@@]1(C)CC[C@@H](OC(C)=O)CC1C[C@H]3O. The summed E-state index contributed by atoms with van der Waals surface area (Å²) in [6.45, 7) is 8.78. The summed E-state index contributed by atoms with van der Waals surface area (Å²) in [6.07, 6.45) is 9.85. The molecular formula is C27H44O5. The maximum absolute atomic E-state index is 11.7. The predicted molar refractivity (Wildman–Crippen MR) is 123 cm³/mol. The van der Waals surface area contributed by atoms with Gasteiger partial charge in [-0.05, 0) is 104 Å². The molecule has 10 atom stereocenters. The van der Waals surface area contributed by atoms with Crippen molar-refractivity contribution in [2.24, 2.45) is 46.3 Å². The molecule has 0 aromatic rings. The van der Waals surface area contributed by atoms with Gasteiger partial charge < -0.3 is 14.6 Å². The third kappa shape index (κ3) is 4.01. The van der Waals surface area contributed by atoms with Crippen molar-refractivity contribution >= 4 is 11.9 Å². The van der Waals surface area contributed by atoms with Crippen LogP contribution >= 0.6 is 0 Å². The van der Waals surface area contributed by atoms with Crippen molar-refractivity contribution in [2.75, 3.05) is 7.11 Å². The fourth-order valence-electron chi connectivity index (χ4n) is 9.15.